The van der Waals surface area contributed by atoms with Crippen molar-refractivity contribution in [2.45, 2.75) is 13.8 Å². The number of nitrogens with zero attached hydrogens (tertiary/aromatic N) is 2. The SMILES string of the molecule is CCO/C=N/c1scc(C)c1C#N. The topological polar surface area (TPSA) is 45.4 Å². The fraction of sp³-hybridized carbons (Fsp3) is 0.333. The first-order valence-electron chi connectivity index (χ1n) is 3.92. The maximum atomic E-state index is 8.79. The van der Waals surface area contributed by atoms with Crippen LogP contribution in [0.5, 0.6) is 0 Å². The number of ether oxygens (including phenoxy) is 1. The molecular formula is C9H10N2OS. The van der Waals surface area contributed by atoms with Crippen molar-refractivity contribution in [3.63, 3.8) is 0 Å². The van der Waals surface area contributed by atoms with Crippen molar-refractivity contribution in [2.75, 3.05) is 6.61 Å². The number of aryl methyl sites for hydroxylation is 1. The summed E-state index contributed by atoms with van der Waals surface area (Å²) < 4.78 is 4.95. The normalized spacial score (nSPS) is 10.2. The largest absolute Gasteiger partial charge is 0.483 e. The summed E-state index contributed by atoms with van der Waals surface area (Å²) in [6.07, 6.45) is 1.38. The van der Waals surface area contributed by atoms with E-state index in [2.05, 4.69) is 11.1 Å². The van der Waals surface area contributed by atoms with Gasteiger partial charge in [0.1, 0.15) is 11.1 Å². The van der Waals surface area contributed by atoms with Crippen LogP contribution >= 0.6 is 11.3 Å². The second-order valence-corrected chi connectivity index (χ2v) is 3.26. The smallest absolute Gasteiger partial charge is 0.175 e. The van der Waals surface area contributed by atoms with Crippen LogP contribution in [0.1, 0.15) is 18.1 Å². The molecule has 0 fully saturated rings. The lowest BCUT2D eigenvalue weighted by molar-refractivity contribution is 0.344. The van der Waals surface area contributed by atoms with Gasteiger partial charge in [0.2, 0.25) is 0 Å². The maximum Gasteiger partial charge on any atom is 0.175 e. The molecule has 0 amide bonds. The highest BCUT2D eigenvalue weighted by atomic mass is 32.1. The minimum atomic E-state index is 0.593. The Morgan fingerprint density at radius 2 is 2.54 bits per heavy atom. The first-order valence-corrected chi connectivity index (χ1v) is 4.80. The van der Waals surface area contributed by atoms with E-state index >= 15 is 0 Å². The van der Waals surface area contributed by atoms with Crippen molar-refractivity contribution in [3.8, 4) is 6.07 Å². The molecule has 0 saturated carbocycles. The van der Waals surface area contributed by atoms with Crippen LogP contribution in [0.4, 0.5) is 5.00 Å². The molecule has 1 aromatic heterocycles. The third kappa shape index (κ3) is 2.30. The second-order valence-electron chi connectivity index (χ2n) is 2.40. The summed E-state index contributed by atoms with van der Waals surface area (Å²) >= 11 is 1.45. The number of hydrogen-bond donors (Lipinski definition) is 0. The van der Waals surface area contributed by atoms with E-state index in [1.54, 1.807) is 0 Å². The quantitative estimate of drug-likeness (QED) is 0.548. The van der Waals surface area contributed by atoms with Crippen LogP contribution in [0.3, 0.4) is 0 Å². The molecule has 0 aliphatic heterocycles. The first kappa shape index (κ1) is 9.75. The van der Waals surface area contributed by atoms with Gasteiger partial charge in [-0.1, -0.05) is 0 Å². The summed E-state index contributed by atoms with van der Waals surface area (Å²) in [5, 5.41) is 11.4. The zero-order valence-electron chi connectivity index (χ0n) is 7.57. The Labute approximate surface area is 81.3 Å². The summed E-state index contributed by atoms with van der Waals surface area (Å²) in [6.45, 7) is 4.38. The van der Waals surface area contributed by atoms with E-state index in [1.807, 2.05) is 19.2 Å². The Hall–Kier alpha value is -1.34. The molecule has 0 unspecified atom stereocenters. The molecule has 0 spiro atoms. The lowest BCUT2D eigenvalue weighted by atomic mass is 10.2. The van der Waals surface area contributed by atoms with Crippen molar-refractivity contribution < 1.29 is 4.74 Å². The van der Waals surface area contributed by atoms with Crippen LogP contribution in [0.2, 0.25) is 0 Å². The predicted octanol–water partition coefficient (Wildman–Crippen LogP) is 2.62. The van der Waals surface area contributed by atoms with Gasteiger partial charge in [0.25, 0.3) is 0 Å². The highest BCUT2D eigenvalue weighted by Crippen LogP contribution is 2.29. The van der Waals surface area contributed by atoms with Gasteiger partial charge in [-0.25, -0.2) is 4.99 Å². The Kier molecular flexibility index (Phi) is 3.47. The van der Waals surface area contributed by atoms with Gasteiger partial charge in [0.05, 0.1) is 12.2 Å². The molecule has 1 aromatic rings. The Morgan fingerprint density at radius 1 is 1.77 bits per heavy atom. The van der Waals surface area contributed by atoms with Crippen LogP contribution in [-0.4, -0.2) is 13.0 Å². The number of aliphatic imine (C=N–C) groups is 1. The Bertz CT molecular complexity index is 349. The molecule has 0 aliphatic rings. The predicted molar refractivity (Wildman–Crippen MR) is 53.5 cm³/mol. The van der Waals surface area contributed by atoms with Gasteiger partial charge in [-0.05, 0) is 24.8 Å². The van der Waals surface area contributed by atoms with Gasteiger partial charge >= 0.3 is 0 Å². The lowest BCUT2D eigenvalue weighted by Crippen LogP contribution is -1.83. The highest BCUT2D eigenvalue weighted by molar-refractivity contribution is 7.14. The standard InChI is InChI=1S/C9H10N2OS/c1-3-12-6-11-9-8(4-10)7(2)5-13-9/h5-6H,3H2,1-2H3/b11-6+. The Morgan fingerprint density at radius 3 is 3.15 bits per heavy atom. The monoisotopic (exact) mass is 194 g/mol. The average Bonchev–Trinajstić information content (AvgIpc) is 2.47. The molecule has 3 nitrogen and oxygen atoms in total. The highest BCUT2D eigenvalue weighted by Gasteiger charge is 2.05. The fourth-order valence-electron chi connectivity index (χ4n) is 0.821. The van der Waals surface area contributed by atoms with E-state index in [-0.39, 0.29) is 0 Å². The zero-order valence-corrected chi connectivity index (χ0v) is 8.39. The molecular weight excluding hydrogens is 184 g/mol. The van der Waals surface area contributed by atoms with Gasteiger partial charge in [-0.2, -0.15) is 5.26 Å². The van der Waals surface area contributed by atoms with E-state index < -0.39 is 0 Å². The Balaban J connectivity index is 2.84. The van der Waals surface area contributed by atoms with Crippen LogP contribution in [-0.2, 0) is 4.74 Å². The summed E-state index contributed by atoms with van der Waals surface area (Å²) in [5.41, 5.74) is 1.61. The summed E-state index contributed by atoms with van der Waals surface area (Å²) in [6, 6.07) is 2.11. The molecule has 0 radical (unpaired) electrons. The van der Waals surface area contributed by atoms with Gasteiger partial charge in [0, 0.05) is 0 Å². The number of rotatable bonds is 3. The molecule has 1 rings (SSSR count). The fourth-order valence-corrected chi connectivity index (χ4v) is 1.66. The third-order valence-corrected chi connectivity index (χ3v) is 2.48. The van der Waals surface area contributed by atoms with Crippen LogP contribution in [0, 0.1) is 18.3 Å². The van der Waals surface area contributed by atoms with Gasteiger partial charge < -0.3 is 4.74 Å². The molecule has 68 valence electrons. The van der Waals surface area contributed by atoms with Crippen LogP contribution in [0.15, 0.2) is 10.4 Å². The molecule has 0 aromatic carbocycles. The number of hydrogen-bond acceptors (Lipinski definition) is 4. The van der Waals surface area contributed by atoms with E-state index in [4.69, 9.17) is 10.00 Å². The van der Waals surface area contributed by atoms with Crippen LogP contribution < -0.4 is 0 Å². The van der Waals surface area contributed by atoms with Gasteiger partial charge in [-0.3, -0.25) is 0 Å². The minimum absolute atomic E-state index is 0.593. The molecule has 0 bridgehead atoms. The molecule has 1 heterocycles. The van der Waals surface area contributed by atoms with Gasteiger partial charge in [0.15, 0.2) is 6.40 Å². The zero-order chi connectivity index (χ0) is 9.68. The van der Waals surface area contributed by atoms with Crippen molar-refractivity contribution in [1.29, 1.82) is 5.26 Å². The molecule has 13 heavy (non-hydrogen) atoms. The molecule has 4 heteroatoms. The first-order chi connectivity index (χ1) is 6.29. The lowest BCUT2D eigenvalue weighted by Gasteiger charge is -1.91. The van der Waals surface area contributed by atoms with Crippen molar-refractivity contribution in [2.24, 2.45) is 4.99 Å². The maximum absolute atomic E-state index is 8.79. The number of nitriles is 1. The van der Waals surface area contributed by atoms with Crippen molar-refractivity contribution in [1.82, 2.24) is 0 Å². The van der Waals surface area contributed by atoms with E-state index in [9.17, 15) is 0 Å². The summed E-state index contributed by atoms with van der Waals surface area (Å²) in [4.78, 5) is 4.04. The minimum Gasteiger partial charge on any atom is -0.483 e. The van der Waals surface area contributed by atoms with E-state index in [0.29, 0.717) is 17.2 Å². The van der Waals surface area contributed by atoms with Crippen LogP contribution in [0.25, 0.3) is 0 Å². The molecule has 0 atom stereocenters. The molecule has 0 N–H and O–H groups in total. The number of thiophene rings is 1. The molecule has 0 saturated heterocycles. The van der Waals surface area contributed by atoms with Crippen molar-refractivity contribution >= 4 is 22.7 Å². The average molecular weight is 194 g/mol. The van der Waals surface area contributed by atoms with Crippen molar-refractivity contribution in [3.05, 3.63) is 16.5 Å². The third-order valence-electron chi connectivity index (χ3n) is 1.48. The molecule has 0 aliphatic carbocycles. The summed E-state index contributed by atoms with van der Waals surface area (Å²) in [5.74, 6) is 0. The van der Waals surface area contributed by atoms with E-state index in [1.165, 1.54) is 17.7 Å². The second kappa shape index (κ2) is 4.63. The summed E-state index contributed by atoms with van der Waals surface area (Å²) in [7, 11) is 0. The van der Waals surface area contributed by atoms with Gasteiger partial charge in [-0.15, -0.1) is 11.3 Å². The van der Waals surface area contributed by atoms with E-state index in [0.717, 1.165) is 5.56 Å².